The number of nitrogens with one attached hydrogen (secondary N) is 1. The summed E-state index contributed by atoms with van der Waals surface area (Å²) in [5.41, 5.74) is 0.574. The Balaban J connectivity index is 1.75. The molecule has 0 spiro atoms. The predicted molar refractivity (Wildman–Crippen MR) is 54.8 cm³/mol. The molecule has 0 aromatic rings. The zero-order valence-electron chi connectivity index (χ0n) is 8.80. The van der Waals surface area contributed by atoms with Crippen LogP contribution in [0.1, 0.15) is 20.3 Å². The van der Waals surface area contributed by atoms with Crippen molar-refractivity contribution < 1.29 is 0 Å². The average Bonchev–Trinajstić information content (AvgIpc) is 2.47. The van der Waals surface area contributed by atoms with Crippen molar-refractivity contribution in [3.05, 3.63) is 0 Å². The molecule has 1 aliphatic heterocycles. The van der Waals surface area contributed by atoms with E-state index >= 15 is 0 Å². The number of likely N-dealkylation sites (N-methyl/N-ethyl adjacent to an activating group) is 1. The Morgan fingerprint density at radius 1 is 1.62 bits per heavy atom. The van der Waals surface area contributed by atoms with E-state index in [4.69, 9.17) is 0 Å². The molecule has 3 heteroatoms. The van der Waals surface area contributed by atoms with E-state index < -0.39 is 0 Å². The zero-order valence-corrected chi connectivity index (χ0v) is 8.80. The van der Waals surface area contributed by atoms with Crippen molar-refractivity contribution in [2.24, 2.45) is 16.3 Å². The number of nitrogens with zero attached hydrogens (tertiary/aromatic N) is 2. The normalized spacial score (nSPS) is 30.2. The van der Waals surface area contributed by atoms with E-state index in [1.165, 1.54) is 6.42 Å². The minimum absolute atomic E-state index is 0.574. The molecule has 1 heterocycles. The van der Waals surface area contributed by atoms with Gasteiger partial charge in [0.15, 0.2) is 5.96 Å². The Hall–Kier alpha value is -0.730. The number of rotatable bonds is 2. The van der Waals surface area contributed by atoms with Crippen molar-refractivity contribution in [1.29, 1.82) is 0 Å². The molecule has 1 saturated carbocycles. The summed E-state index contributed by atoms with van der Waals surface area (Å²) in [6.07, 6.45) is 1.36. The maximum Gasteiger partial charge on any atom is 0.193 e. The Labute approximate surface area is 80.2 Å². The van der Waals surface area contributed by atoms with Crippen LogP contribution in [0.3, 0.4) is 0 Å². The molecule has 1 aliphatic carbocycles. The third-order valence-corrected chi connectivity index (χ3v) is 3.28. The van der Waals surface area contributed by atoms with Crippen LogP contribution in [-0.2, 0) is 0 Å². The Kier molecular flexibility index (Phi) is 1.97. The lowest BCUT2D eigenvalue weighted by atomic mass is 10.1. The Morgan fingerprint density at radius 3 is 2.77 bits per heavy atom. The van der Waals surface area contributed by atoms with E-state index in [1.54, 1.807) is 0 Å². The molecule has 13 heavy (non-hydrogen) atoms. The van der Waals surface area contributed by atoms with Crippen LogP contribution in [0.2, 0.25) is 0 Å². The van der Waals surface area contributed by atoms with Crippen LogP contribution in [0.25, 0.3) is 0 Å². The molecule has 1 atom stereocenters. The molecular formula is C10H19N3. The smallest absolute Gasteiger partial charge is 0.193 e. The molecule has 0 radical (unpaired) electrons. The first-order valence-corrected chi connectivity index (χ1v) is 5.09. The van der Waals surface area contributed by atoms with Crippen LogP contribution in [-0.4, -0.2) is 37.5 Å². The SMILES string of the molecule is CN1CCN=C1NCC1CC1(C)C. The molecule has 0 saturated heterocycles. The molecule has 0 aromatic carbocycles. The first kappa shape index (κ1) is 8.85. The van der Waals surface area contributed by atoms with Crippen molar-refractivity contribution in [3.8, 4) is 0 Å². The molecule has 0 aromatic heterocycles. The van der Waals surface area contributed by atoms with Gasteiger partial charge in [-0.1, -0.05) is 13.8 Å². The summed E-state index contributed by atoms with van der Waals surface area (Å²) in [4.78, 5) is 6.59. The lowest BCUT2D eigenvalue weighted by Gasteiger charge is -2.15. The van der Waals surface area contributed by atoms with Gasteiger partial charge >= 0.3 is 0 Å². The highest BCUT2D eigenvalue weighted by atomic mass is 15.3. The fourth-order valence-corrected chi connectivity index (χ4v) is 1.86. The second-order valence-corrected chi connectivity index (χ2v) is 4.90. The second kappa shape index (κ2) is 2.89. The quantitative estimate of drug-likeness (QED) is 0.686. The summed E-state index contributed by atoms with van der Waals surface area (Å²) in [5.74, 6) is 1.94. The standard InChI is InChI=1S/C10H19N3/c1-10(2)6-8(10)7-12-9-11-4-5-13(9)3/h8H,4-7H2,1-3H3,(H,11,12). The third-order valence-electron chi connectivity index (χ3n) is 3.28. The van der Waals surface area contributed by atoms with E-state index in [0.717, 1.165) is 31.5 Å². The number of guanidine groups is 1. The number of hydrogen-bond donors (Lipinski definition) is 1. The summed E-state index contributed by atoms with van der Waals surface area (Å²) in [6.45, 7) is 7.78. The van der Waals surface area contributed by atoms with E-state index in [1.807, 2.05) is 0 Å². The summed E-state index contributed by atoms with van der Waals surface area (Å²) >= 11 is 0. The highest BCUT2D eigenvalue weighted by Crippen LogP contribution is 2.50. The molecule has 0 amide bonds. The van der Waals surface area contributed by atoms with Gasteiger partial charge in [-0.05, 0) is 17.8 Å². The highest BCUT2D eigenvalue weighted by molar-refractivity contribution is 5.81. The van der Waals surface area contributed by atoms with Crippen molar-refractivity contribution in [3.63, 3.8) is 0 Å². The number of hydrogen-bond acceptors (Lipinski definition) is 3. The molecular weight excluding hydrogens is 162 g/mol. The van der Waals surface area contributed by atoms with Gasteiger partial charge in [0.05, 0.1) is 6.54 Å². The van der Waals surface area contributed by atoms with Crippen LogP contribution in [0.4, 0.5) is 0 Å². The van der Waals surface area contributed by atoms with E-state index in [2.05, 4.69) is 36.1 Å². The highest BCUT2D eigenvalue weighted by Gasteiger charge is 2.45. The van der Waals surface area contributed by atoms with Crippen molar-refractivity contribution in [1.82, 2.24) is 10.2 Å². The van der Waals surface area contributed by atoms with Crippen LogP contribution < -0.4 is 5.32 Å². The summed E-state index contributed by atoms with van der Waals surface area (Å²) < 4.78 is 0. The van der Waals surface area contributed by atoms with E-state index in [9.17, 15) is 0 Å². The maximum absolute atomic E-state index is 4.40. The van der Waals surface area contributed by atoms with Crippen LogP contribution >= 0.6 is 0 Å². The fraction of sp³-hybridized carbons (Fsp3) is 0.900. The molecule has 1 unspecified atom stereocenters. The second-order valence-electron chi connectivity index (χ2n) is 4.90. The molecule has 2 aliphatic rings. The summed E-state index contributed by atoms with van der Waals surface area (Å²) in [5, 5.41) is 3.42. The fourth-order valence-electron chi connectivity index (χ4n) is 1.86. The van der Waals surface area contributed by atoms with Gasteiger partial charge in [-0.15, -0.1) is 0 Å². The lowest BCUT2D eigenvalue weighted by Crippen LogP contribution is -2.37. The van der Waals surface area contributed by atoms with Gasteiger partial charge in [-0.25, -0.2) is 0 Å². The summed E-state index contributed by atoms with van der Waals surface area (Å²) in [6, 6.07) is 0. The van der Waals surface area contributed by atoms with Crippen molar-refractivity contribution in [2.75, 3.05) is 26.7 Å². The van der Waals surface area contributed by atoms with E-state index in [-0.39, 0.29) is 0 Å². The van der Waals surface area contributed by atoms with Crippen molar-refractivity contribution >= 4 is 5.96 Å². The van der Waals surface area contributed by atoms with E-state index in [0.29, 0.717) is 5.41 Å². The van der Waals surface area contributed by atoms with Gasteiger partial charge in [0, 0.05) is 20.1 Å². The largest absolute Gasteiger partial charge is 0.356 e. The molecule has 74 valence electrons. The topological polar surface area (TPSA) is 27.6 Å². The van der Waals surface area contributed by atoms with Crippen LogP contribution in [0.5, 0.6) is 0 Å². The minimum Gasteiger partial charge on any atom is -0.356 e. The van der Waals surface area contributed by atoms with Gasteiger partial charge in [-0.3, -0.25) is 4.99 Å². The molecule has 0 bridgehead atoms. The van der Waals surface area contributed by atoms with Gasteiger partial charge in [0.25, 0.3) is 0 Å². The Morgan fingerprint density at radius 2 is 2.31 bits per heavy atom. The maximum atomic E-state index is 4.40. The monoisotopic (exact) mass is 181 g/mol. The first-order chi connectivity index (χ1) is 6.09. The average molecular weight is 181 g/mol. The van der Waals surface area contributed by atoms with Crippen molar-refractivity contribution in [2.45, 2.75) is 20.3 Å². The number of aliphatic imine (C=N–C) groups is 1. The summed E-state index contributed by atoms with van der Waals surface area (Å²) in [7, 11) is 2.09. The van der Waals surface area contributed by atoms with Gasteiger partial charge < -0.3 is 10.2 Å². The predicted octanol–water partition coefficient (Wildman–Crippen LogP) is 0.923. The molecule has 2 rings (SSSR count). The third kappa shape index (κ3) is 1.79. The molecule has 1 fully saturated rings. The lowest BCUT2D eigenvalue weighted by molar-refractivity contribution is 0.511. The molecule has 1 N–H and O–H groups in total. The zero-order chi connectivity index (χ0) is 9.47. The van der Waals surface area contributed by atoms with Crippen LogP contribution in [0, 0.1) is 11.3 Å². The van der Waals surface area contributed by atoms with Gasteiger partial charge in [-0.2, -0.15) is 0 Å². The first-order valence-electron chi connectivity index (χ1n) is 5.09. The van der Waals surface area contributed by atoms with Gasteiger partial charge in [0.2, 0.25) is 0 Å². The van der Waals surface area contributed by atoms with Gasteiger partial charge in [0.1, 0.15) is 0 Å². The molecule has 3 nitrogen and oxygen atoms in total. The van der Waals surface area contributed by atoms with Crippen LogP contribution in [0.15, 0.2) is 4.99 Å². The minimum atomic E-state index is 0.574. The Bertz CT molecular complexity index is 232.